The predicted octanol–water partition coefficient (Wildman–Crippen LogP) is 1.55. The average molecular weight is 295 g/mol. The summed E-state index contributed by atoms with van der Waals surface area (Å²) in [6.45, 7) is 0.454. The number of hydrogen-bond donors (Lipinski definition) is 1. The van der Waals surface area contributed by atoms with Crippen LogP contribution in [0.2, 0.25) is 0 Å². The second-order valence-electron chi connectivity index (χ2n) is 4.31. The standard InChI is InChI=1S/C11H12F3NO3S/c12-11(13,14)19(17,18)10-4-2-1-3-9(10)15-6-5-8(16)7-15/h1-4,8,16H,5-7H2. The number of rotatable bonds is 2. The lowest BCUT2D eigenvalue weighted by molar-refractivity contribution is -0.0435. The zero-order valence-corrected chi connectivity index (χ0v) is 10.6. The fourth-order valence-corrected chi connectivity index (χ4v) is 3.01. The maximum absolute atomic E-state index is 12.6. The molecule has 1 atom stereocenters. The average Bonchev–Trinajstić information content (AvgIpc) is 2.74. The number of benzene rings is 1. The number of anilines is 1. The summed E-state index contributed by atoms with van der Waals surface area (Å²) in [5, 5.41) is 9.40. The molecule has 0 bridgehead atoms. The van der Waals surface area contributed by atoms with Crippen LogP contribution in [0.25, 0.3) is 0 Å². The van der Waals surface area contributed by atoms with Gasteiger partial charge in [0.25, 0.3) is 9.84 Å². The third-order valence-corrected chi connectivity index (χ3v) is 4.50. The Labute approximate surface area is 108 Å². The molecule has 8 heteroatoms. The summed E-state index contributed by atoms with van der Waals surface area (Å²) in [4.78, 5) is 0.681. The molecule has 1 unspecified atom stereocenters. The van der Waals surface area contributed by atoms with Crippen molar-refractivity contribution >= 4 is 15.5 Å². The van der Waals surface area contributed by atoms with Crippen LogP contribution >= 0.6 is 0 Å². The molecule has 106 valence electrons. The first kappa shape index (κ1) is 14.1. The molecule has 4 nitrogen and oxygen atoms in total. The lowest BCUT2D eigenvalue weighted by atomic mass is 10.3. The Bertz CT molecular complexity index is 571. The topological polar surface area (TPSA) is 57.6 Å². The minimum atomic E-state index is -5.39. The van der Waals surface area contributed by atoms with E-state index in [2.05, 4.69) is 0 Å². The Morgan fingerprint density at radius 2 is 1.89 bits per heavy atom. The normalized spacial score (nSPS) is 20.8. The molecular weight excluding hydrogens is 283 g/mol. The predicted molar refractivity (Wildman–Crippen MR) is 62.5 cm³/mol. The third-order valence-electron chi connectivity index (χ3n) is 2.96. The van der Waals surface area contributed by atoms with Gasteiger partial charge in [-0.15, -0.1) is 0 Å². The van der Waals surface area contributed by atoms with Crippen LogP contribution in [0, 0.1) is 0 Å². The number of sulfone groups is 1. The van der Waals surface area contributed by atoms with Crippen molar-refractivity contribution in [3.8, 4) is 0 Å². The summed E-state index contributed by atoms with van der Waals surface area (Å²) in [6.07, 6.45) is -0.248. The Hall–Kier alpha value is -1.28. The molecule has 19 heavy (non-hydrogen) atoms. The van der Waals surface area contributed by atoms with Crippen LogP contribution in [0.15, 0.2) is 29.2 Å². The molecule has 1 aliphatic rings. The van der Waals surface area contributed by atoms with E-state index in [4.69, 9.17) is 0 Å². The first-order chi connectivity index (χ1) is 8.73. The van der Waals surface area contributed by atoms with Gasteiger partial charge in [-0.05, 0) is 18.6 Å². The van der Waals surface area contributed by atoms with Crippen molar-refractivity contribution in [1.29, 1.82) is 0 Å². The van der Waals surface area contributed by atoms with Gasteiger partial charge in [-0.25, -0.2) is 8.42 Å². The van der Waals surface area contributed by atoms with Crippen molar-refractivity contribution in [2.24, 2.45) is 0 Å². The van der Waals surface area contributed by atoms with E-state index in [0.29, 0.717) is 13.0 Å². The molecule has 0 amide bonds. The summed E-state index contributed by atoms with van der Waals surface area (Å²) in [5.41, 5.74) is -5.35. The van der Waals surface area contributed by atoms with Crippen LogP contribution in [-0.4, -0.2) is 38.2 Å². The Morgan fingerprint density at radius 3 is 2.42 bits per heavy atom. The van der Waals surface area contributed by atoms with Gasteiger partial charge in [-0.1, -0.05) is 12.1 Å². The number of halogens is 3. The summed E-state index contributed by atoms with van der Waals surface area (Å²) in [5.74, 6) is 0. The van der Waals surface area contributed by atoms with Crippen molar-refractivity contribution in [3.05, 3.63) is 24.3 Å². The quantitative estimate of drug-likeness (QED) is 0.899. The number of nitrogens with zero attached hydrogens (tertiary/aromatic N) is 1. The highest BCUT2D eigenvalue weighted by atomic mass is 32.2. The third kappa shape index (κ3) is 2.55. The van der Waals surface area contributed by atoms with Gasteiger partial charge in [0.05, 0.1) is 16.7 Å². The molecule has 1 heterocycles. The first-order valence-electron chi connectivity index (χ1n) is 5.57. The molecule has 0 spiro atoms. The molecule has 2 rings (SSSR count). The van der Waals surface area contributed by atoms with Crippen molar-refractivity contribution in [2.45, 2.75) is 22.9 Å². The summed E-state index contributed by atoms with van der Waals surface area (Å²) in [6, 6.07) is 4.96. The number of para-hydroxylation sites is 1. The smallest absolute Gasteiger partial charge is 0.391 e. The molecule has 0 aromatic heterocycles. The lowest BCUT2D eigenvalue weighted by Crippen LogP contribution is -2.28. The second kappa shape index (κ2) is 4.68. The SMILES string of the molecule is O=S(=O)(c1ccccc1N1CCC(O)C1)C(F)(F)F. The molecule has 1 aliphatic heterocycles. The van der Waals surface area contributed by atoms with Crippen LogP contribution < -0.4 is 4.90 Å². The fourth-order valence-electron chi connectivity index (χ4n) is 2.03. The maximum Gasteiger partial charge on any atom is 0.501 e. The van der Waals surface area contributed by atoms with Gasteiger partial charge in [-0.3, -0.25) is 0 Å². The highest BCUT2D eigenvalue weighted by Crippen LogP contribution is 2.36. The first-order valence-corrected chi connectivity index (χ1v) is 7.05. The molecule has 0 saturated carbocycles. The van der Waals surface area contributed by atoms with E-state index in [1.54, 1.807) is 0 Å². The number of hydrogen-bond acceptors (Lipinski definition) is 4. The Morgan fingerprint density at radius 1 is 1.26 bits per heavy atom. The molecule has 1 aromatic rings. The number of aliphatic hydroxyl groups is 1. The molecule has 0 aliphatic carbocycles. The van der Waals surface area contributed by atoms with Crippen molar-refractivity contribution in [3.63, 3.8) is 0 Å². The molecule has 1 fully saturated rings. The van der Waals surface area contributed by atoms with Gasteiger partial charge in [-0.2, -0.15) is 13.2 Å². The molecule has 0 radical (unpaired) electrons. The number of aliphatic hydroxyl groups excluding tert-OH is 1. The molecule has 1 saturated heterocycles. The largest absolute Gasteiger partial charge is 0.501 e. The van der Waals surface area contributed by atoms with Gasteiger partial charge in [0.1, 0.15) is 0 Å². The maximum atomic E-state index is 12.6. The minimum Gasteiger partial charge on any atom is -0.391 e. The van der Waals surface area contributed by atoms with Crippen molar-refractivity contribution in [1.82, 2.24) is 0 Å². The monoisotopic (exact) mass is 295 g/mol. The van der Waals surface area contributed by atoms with E-state index in [1.165, 1.54) is 23.1 Å². The van der Waals surface area contributed by atoms with Crippen LogP contribution in [0.4, 0.5) is 18.9 Å². The van der Waals surface area contributed by atoms with Gasteiger partial charge in [0, 0.05) is 13.1 Å². The fraction of sp³-hybridized carbons (Fsp3) is 0.455. The number of alkyl halides is 3. The van der Waals surface area contributed by atoms with Gasteiger partial charge in [0.2, 0.25) is 0 Å². The summed E-state index contributed by atoms with van der Waals surface area (Å²) < 4.78 is 60.8. The minimum absolute atomic E-state index is 0.0172. The van der Waals surface area contributed by atoms with E-state index < -0.39 is 26.3 Å². The van der Waals surface area contributed by atoms with Crippen LogP contribution in [0.1, 0.15) is 6.42 Å². The summed E-state index contributed by atoms with van der Waals surface area (Å²) in [7, 11) is -5.39. The van der Waals surface area contributed by atoms with Gasteiger partial charge in [0.15, 0.2) is 0 Å². The highest BCUT2D eigenvalue weighted by Gasteiger charge is 2.48. The number of β-amino-alcohol motifs (C(OH)–C–C–N with tert-alkyl or cyclic N) is 1. The molecular formula is C11H12F3NO3S. The van der Waals surface area contributed by atoms with Crippen molar-refractivity contribution in [2.75, 3.05) is 18.0 Å². The van der Waals surface area contributed by atoms with Gasteiger partial charge >= 0.3 is 5.51 Å². The Kier molecular flexibility index (Phi) is 3.48. The van der Waals surface area contributed by atoms with E-state index >= 15 is 0 Å². The van der Waals surface area contributed by atoms with E-state index in [-0.39, 0.29) is 12.2 Å². The van der Waals surface area contributed by atoms with Crippen molar-refractivity contribution < 1.29 is 26.7 Å². The molecule has 1 aromatic carbocycles. The van der Waals surface area contributed by atoms with E-state index in [1.807, 2.05) is 0 Å². The van der Waals surface area contributed by atoms with Crippen LogP contribution in [-0.2, 0) is 9.84 Å². The highest BCUT2D eigenvalue weighted by molar-refractivity contribution is 7.92. The zero-order valence-electron chi connectivity index (χ0n) is 9.76. The molecule has 1 N–H and O–H groups in total. The van der Waals surface area contributed by atoms with E-state index in [9.17, 15) is 26.7 Å². The van der Waals surface area contributed by atoms with Gasteiger partial charge < -0.3 is 10.0 Å². The Balaban J connectivity index is 2.48. The lowest BCUT2D eigenvalue weighted by Gasteiger charge is -2.21. The van der Waals surface area contributed by atoms with Crippen LogP contribution in [0.3, 0.4) is 0 Å². The second-order valence-corrected chi connectivity index (χ2v) is 6.22. The summed E-state index contributed by atoms with van der Waals surface area (Å²) >= 11 is 0. The van der Waals surface area contributed by atoms with E-state index in [0.717, 1.165) is 6.07 Å². The zero-order chi connectivity index (χ0) is 14.3. The van der Waals surface area contributed by atoms with Crippen LogP contribution in [0.5, 0.6) is 0 Å².